The van der Waals surface area contributed by atoms with E-state index in [2.05, 4.69) is 16.6 Å². The van der Waals surface area contributed by atoms with Gasteiger partial charge in [-0.25, -0.2) is 0 Å². The summed E-state index contributed by atoms with van der Waals surface area (Å²) >= 11 is 0. The molecular formula is C6H11NO. The van der Waals surface area contributed by atoms with E-state index in [-0.39, 0.29) is 0 Å². The first-order valence-corrected chi connectivity index (χ1v) is 2.57. The van der Waals surface area contributed by atoms with E-state index in [0.29, 0.717) is 0 Å². The molecular weight excluding hydrogens is 102 g/mol. The normalized spacial score (nSPS) is 9.62. The molecule has 0 aromatic heterocycles. The molecule has 0 aliphatic rings. The molecule has 0 spiro atoms. The Morgan fingerprint density at radius 2 is 2.38 bits per heavy atom. The minimum atomic E-state index is 0.914. The molecule has 0 rings (SSSR count). The molecule has 0 saturated heterocycles. The molecule has 46 valence electrons. The number of hydrogen-bond acceptors (Lipinski definition) is 2. The Morgan fingerprint density at radius 3 is 2.88 bits per heavy atom. The summed E-state index contributed by atoms with van der Waals surface area (Å²) in [5.41, 5.74) is 0. The highest BCUT2D eigenvalue weighted by Crippen LogP contribution is 1.83. The van der Waals surface area contributed by atoms with Crippen LogP contribution in [0, 0.1) is 0 Å². The minimum absolute atomic E-state index is 0.914. The largest absolute Gasteiger partial charge is 0.399 e. The number of allylic oxidation sites excluding steroid dienone is 1. The average Bonchev–Trinajstić information content (AvgIpc) is 1.81. The Morgan fingerprint density at radius 1 is 1.62 bits per heavy atom. The van der Waals surface area contributed by atoms with Gasteiger partial charge in [0.25, 0.3) is 0 Å². The summed E-state index contributed by atoms with van der Waals surface area (Å²) in [6, 6.07) is 0. The molecule has 0 fully saturated rings. The van der Waals surface area contributed by atoms with Crippen LogP contribution < -0.4 is 0 Å². The number of nitrogens with zero attached hydrogens (tertiary/aromatic N) is 1. The van der Waals surface area contributed by atoms with Crippen LogP contribution in [0.3, 0.4) is 0 Å². The second-order valence-corrected chi connectivity index (χ2v) is 1.34. The van der Waals surface area contributed by atoms with Crippen LogP contribution in [-0.2, 0) is 4.84 Å². The lowest BCUT2D eigenvalue weighted by molar-refractivity contribution is 0.214. The molecule has 0 saturated carbocycles. The topological polar surface area (TPSA) is 21.6 Å². The lowest BCUT2D eigenvalue weighted by Crippen LogP contribution is -1.73. The van der Waals surface area contributed by atoms with Crippen molar-refractivity contribution in [2.24, 2.45) is 5.16 Å². The van der Waals surface area contributed by atoms with Gasteiger partial charge in [0.1, 0.15) is 7.11 Å². The summed E-state index contributed by atoms with van der Waals surface area (Å²) in [4.78, 5) is 4.42. The van der Waals surface area contributed by atoms with Crippen molar-refractivity contribution < 1.29 is 4.84 Å². The van der Waals surface area contributed by atoms with E-state index in [0.717, 1.165) is 12.8 Å². The van der Waals surface area contributed by atoms with Gasteiger partial charge in [-0.05, 0) is 12.8 Å². The fraction of sp³-hybridized carbons (Fsp3) is 0.500. The zero-order valence-corrected chi connectivity index (χ0v) is 5.13. The Hall–Kier alpha value is -0.790. The molecule has 0 N–H and O–H groups in total. The van der Waals surface area contributed by atoms with Crippen molar-refractivity contribution in [3.8, 4) is 0 Å². The molecule has 0 aromatic rings. The maximum Gasteiger partial charge on any atom is 0.106 e. The third kappa shape index (κ3) is 5.21. The van der Waals surface area contributed by atoms with E-state index in [9.17, 15) is 0 Å². The van der Waals surface area contributed by atoms with Crippen molar-refractivity contribution in [1.82, 2.24) is 0 Å². The predicted molar refractivity (Wildman–Crippen MR) is 34.9 cm³/mol. The molecule has 0 atom stereocenters. The minimum Gasteiger partial charge on any atom is -0.399 e. The summed E-state index contributed by atoms with van der Waals surface area (Å²) < 4.78 is 0. The Bertz CT molecular complexity index is 78.6. The van der Waals surface area contributed by atoms with Gasteiger partial charge in [0.2, 0.25) is 0 Å². The molecule has 0 radical (unpaired) electrons. The van der Waals surface area contributed by atoms with Gasteiger partial charge in [0, 0.05) is 6.21 Å². The standard InChI is InChI=1S/C6H11NO/c1-3-4-5-6-7-8-2/h3,6H,1,4-5H2,2H3/b7-6+. The lowest BCUT2D eigenvalue weighted by Gasteiger charge is -1.83. The number of oxime groups is 1. The molecule has 2 nitrogen and oxygen atoms in total. The molecule has 2 heteroatoms. The quantitative estimate of drug-likeness (QED) is 0.235. The van der Waals surface area contributed by atoms with Gasteiger partial charge in [0.15, 0.2) is 0 Å². The predicted octanol–water partition coefficient (Wildman–Crippen LogP) is 1.58. The van der Waals surface area contributed by atoms with Gasteiger partial charge in [-0.15, -0.1) is 6.58 Å². The van der Waals surface area contributed by atoms with Crippen LogP contribution in [0.15, 0.2) is 17.8 Å². The van der Waals surface area contributed by atoms with E-state index < -0.39 is 0 Å². The summed E-state index contributed by atoms with van der Waals surface area (Å²) in [7, 11) is 1.53. The average molecular weight is 113 g/mol. The Kier molecular flexibility index (Phi) is 5.60. The first-order valence-electron chi connectivity index (χ1n) is 2.57. The third-order valence-electron chi connectivity index (χ3n) is 0.680. The maximum atomic E-state index is 4.42. The van der Waals surface area contributed by atoms with E-state index in [1.54, 1.807) is 6.21 Å². The molecule has 0 aliphatic heterocycles. The zero-order chi connectivity index (χ0) is 6.24. The van der Waals surface area contributed by atoms with Gasteiger partial charge >= 0.3 is 0 Å². The van der Waals surface area contributed by atoms with Gasteiger partial charge in [-0.3, -0.25) is 0 Å². The molecule has 0 unspecified atom stereocenters. The van der Waals surface area contributed by atoms with Crippen LogP contribution in [0.1, 0.15) is 12.8 Å². The molecule has 0 aliphatic carbocycles. The second kappa shape index (κ2) is 6.21. The van der Waals surface area contributed by atoms with Crippen LogP contribution in [0.4, 0.5) is 0 Å². The van der Waals surface area contributed by atoms with Crippen molar-refractivity contribution in [2.45, 2.75) is 12.8 Å². The molecule has 0 bridgehead atoms. The fourth-order valence-electron chi connectivity index (χ4n) is 0.320. The fourth-order valence-corrected chi connectivity index (χ4v) is 0.320. The van der Waals surface area contributed by atoms with Gasteiger partial charge in [-0.1, -0.05) is 11.2 Å². The van der Waals surface area contributed by atoms with Gasteiger partial charge in [0.05, 0.1) is 0 Å². The smallest absolute Gasteiger partial charge is 0.106 e. The van der Waals surface area contributed by atoms with Gasteiger partial charge < -0.3 is 4.84 Å². The van der Waals surface area contributed by atoms with Crippen LogP contribution in [0.2, 0.25) is 0 Å². The van der Waals surface area contributed by atoms with Gasteiger partial charge in [-0.2, -0.15) is 0 Å². The number of unbranched alkanes of at least 4 members (excludes halogenated alkanes) is 1. The van der Waals surface area contributed by atoms with Crippen LogP contribution in [0.25, 0.3) is 0 Å². The monoisotopic (exact) mass is 113 g/mol. The zero-order valence-electron chi connectivity index (χ0n) is 5.13. The number of rotatable bonds is 4. The van der Waals surface area contributed by atoms with E-state index in [4.69, 9.17) is 0 Å². The van der Waals surface area contributed by atoms with Crippen molar-refractivity contribution in [3.05, 3.63) is 12.7 Å². The van der Waals surface area contributed by atoms with Crippen molar-refractivity contribution >= 4 is 6.21 Å². The lowest BCUT2D eigenvalue weighted by atomic mass is 10.3. The van der Waals surface area contributed by atoms with E-state index >= 15 is 0 Å². The second-order valence-electron chi connectivity index (χ2n) is 1.34. The van der Waals surface area contributed by atoms with Crippen molar-refractivity contribution in [3.63, 3.8) is 0 Å². The SMILES string of the molecule is C=CCC/C=N/OC. The first-order chi connectivity index (χ1) is 3.91. The molecule has 0 heterocycles. The maximum absolute atomic E-state index is 4.42. The summed E-state index contributed by atoms with van der Waals surface area (Å²) in [5.74, 6) is 0. The van der Waals surface area contributed by atoms with Crippen molar-refractivity contribution in [2.75, 3.05) is 7.11 Å². The Labute approximate surface area is 49.8 Å². The molecule has 8 heavy (non-hydrogen) atoms. The highest BCUT2D eigenvalue weighted by Gasteiger charge is 1.72. The van der Waals surface area contributed by atoms with E-state index in [1.165, 1.54) is 7.11 Å². The number of hydrogen-bond donors (Lipinski definition) is 0. The third-order valence-corrected chi connectivity index (χ3v) is 0.680. The highest BCUT2D eigenvalue weighted by molar-refractivity contribution is 5.56. The molecule has 0 amide bonds. The van der Waals surface area contributed by atoms with Crippen LogP contribution in [0.5, 0.6) is 0 Å². The van der Waals surface area contributed by atoms with Crippen LogP contribution in [-0.4, -0.2) is 13.3 Å². The van der Waals surface area contributed by atoms with Crippen molar-refractivity contribution in [1.29, 1.82) is 0 Å². The highest BCUT2D eigenvalue weighted by atomic mass is 16.6. The molecule has 0 aromatic carbocycles. The Balaban J connectivity index is 2.90. The summed E-state index contributed by atoms with van der Waals surface area (Å²) in [5, 5.41) is 3.54. The first kappa shape index (κ1) is 7.21. The summed E-state index contributed by atoms with van der Waals surface area (Å²) in [6.07, 6.45) is 5.45. The van der Waals surface area contributed by atoms with E-state index in [1.807, 2.05) is 6.08 Å². The summed E-state index contributed by atoms with van der Waals surface area (Å²) in [6.45, 7) is 3.56. The van der Waals surface area contributed by atoms with Crippen LogP contribution >= 0.6 is 0 Å².